The molecule has 2 aliphatic heterocycles. The topological polar surface area (TPSA) is 231 Å². The molecule has 0 aromatic heterocycles. The maximum Gasteiger partial charge on any atom is 0.306 e. The second kappa shape index (κ2) is 27.9. The van der Waals surface area contributed by atoms with E-state index in [2.05, 4.69) is 44.2 Å². The van der Waals surface area contributed by atoms with Gasteiger partial charge in [-0.2, -0.15) is 0 Å². The van der Waals surface area contributed by atoms with E-state index in [1.165, 1.54) is 0 Å². The van der Waals surface area contributed by atoms with Crippen LogP contribution in [0.15, 0.2) is 48.6 Å². The monoisotopic (exact) mass is 772 g/mol. The van der Waals surface area contributed by atoms with Gasteiger partial charge in [-0.15, -0.1) is 0 Å². The quantitative estimate of drug-likeness (QED) is 0.0379. The first-order chi connectivity index (χ1) is 26.0. The number of hydrogen-bond acceptors (Lipinski definition) is 15. The fourth-order valence-electron chi connectivity index (χ4n) is 5.58. The predicted octanol–water partition coefficient (Wildman–Crippen LogP) is 2.03. The largest absolute Gasteiger partial charge is 0.462 e. The van der Waals surface area contributed by atoms with E-state index in [0.717, 1.165) is 44.9 Å². The molecule has 2 aliphatic rings. The first-order valence-corrected chi connectivity index (χ1v) is 19.2. The Hall–Kier alpha value is -2.54. The molecular weight excluding hydrogens is 708 g/mol. The molecule has 2 heterocycles. The maximum absolute atomic E-state index is 12.8. The van der Waals surface area contributed by atoms with Crippen molar-refractivity contribution in [1.29, 1.82) is 0 Å². The van der Waals surface area contributed by atoms with Crippen molar-refractivity contribution in [2.45, 2.75) is 158 Å². The van der Waals surface area contributed by atoms with Gasteiger partial charge in [-0.05, 0) is 38.5 Å². The minimum absolute atomic E-state index is 0.0426. The van der Waals surface area contributed by atoms with Gasteiger partial charge in [0, 0.05) is 12.8 Å². The van der Waals surface area contributed by atoms with Crippen molar-refractivity contribution in [3.63, 3.8) is 0 Å². The SMILES string of the molecule is CC/C=C\C/C=C\C/C=C\C/C=C\CCC(=O)OC(COC(=O)CCCCCCC)COC1OC(COC2OC(CO)C(O)C(O)C2O)C(O)C(O)C1O. The molecule has 2 fully saturated rings. The van der Waals surface area contributed by atoms with Crippen molar-refractivity contribution in [3.05, 3.63) is 48.6 Å². The van der Waals surface area contributed by atoms with E-state index in [-0.39, 0.29) is 19.4 Å². The van der Waals surface area contributed by atoms with Crippen LogP contribution in [-0.2, 0) is 38.0 Å². The number of carbonyl (C=O) groups is 2. The van der Waals surface area contributed by atoms with Crippen LogP contribution < -0.4 is 0 Å². The highest BCUT2D eigenvalue weighted by molar-refractivity contribution is 5.70. The lowest BCUT2D eigenvalue weighted by Crippen LogP contribution is -2.61. The molecule has 2 saturated heterocycles. The summed E-state index contributed by atoms with van der Waals surface area (Å²) >= 11 is 0. The molecule has 0 amide bonds. The fraction of sp³-hybridized carbons (Fsp3) is 0.744. The van der Waals surface area contributed by atoms with Crippen molar-refractivity contribution in [2.24, 2.45) is 0 Å². The molecule has 11 atom stereocenters. The Balaban J connectivity index is 1.93. The summed E-state index contributed by atoms with van der Waals surface area (Å²) in [6.07, 6.45) is 8.22. The first kappa shape index (κ1) is 47.6. The van der Waals surface area contributed by atoms with Crippen LogP contribution >= 0.6 is 0 Å². The summed E-state index contributed by atoms with van der Waals surface area (Å²) < 4.78 is 33.0. The van der Waals surface area contributed by atoms with E-state index < -0.39 is 99.3 Å². The summed E-state index contributed by atoms with van der Waals surface area (Å²) in [5.74, 6) is -1.04. The van der Waals surface area contributed by atoms with E-state index in [1.807, 2.05) is 18.2 Å². The molecule has 2 rings (SSSR count). The predicted molar refractivity (Wildman–Crippen MR) is 197 cm³/mol. The van der Waals surface area contributed by atoms with Gasteiger partial charge in [0.15, 0.2) is 18.7 Å². The molecule has 0 saturated carbocycles. The molecule has 7 N–H and O–H groups in total. The van der Waals surface area contributed by atoms with E-state index in [0.29, 0.717) is 19.3 Å². The van der Waals surface area contributed by atoms with E-state index >= 15 is 0 Å². The standard InChI is InChI=1S/C39H64O15/c1-3-5-7-9-10-11-12-13-14-15-16-18-20-22-31(42)52-27(24-49-30(41)21-19-17-8-6-4-2)25-50-38-37(48)35(46)33(44)29(54-38)26-51-39-36(47)34(45)32(43)28(23-40)53-39/h5,7,10-11,13-14,16,18,27-29,32-40,43-48H,3-4,6,8-9,12,15,17,19-26H2,1-2H3/b7-5-,11-10-,14-13-,18-16-. The molecule has 0 radical (unpaired) electrons. The zero-order chi connectivity index (χ0) is 39.7. The van der Waals surface area contributed by atoms with Gasteiger partial charge in [0.05, 0.1) is 19.8 Å². The Kier molecular flexibility index (Phi) is 24.6. The summed E-state index contributed by atoms with van der Waals surface area (Å²) in [5.41, 5.74) is 0. The molecule has 54 heavy (non-hydrogen) atoms. The summed E-state index contributed by atoms with van der Waals surface area (Å²) in [4.78, 5) is 25.2. The zero-order valence-corrected chi connectivity index (χ0v) is 31.7. The normalized spacial score (nSPS) is 29.8. The number of aliphatic hydroxyl groups excluding tert-OH is 7. The van der Waals surface area contributed by atoms with Crippen molar-refractivity contribution in [3.8, 4) is 0 Å². The smallest absolute Gasteiger partial charge is 0.306 e. The van der Waals surface area contributed by atoms with Crippen LogP contribution in [0.3, 0.4) is 0 Å². The third kappa shape index (κ3) is 17.9. The number of ether oxygens (including phenoxy) is 6. The number of esters is 2. The van der Waals surface area contributed by atoms with E-state index in [1.54, 1.807) is 0 Å². The highest BCUT2D eigenvalue weighted by atomic mass is 16.7. The minimum Gasteiger partial charge on any atom is -0.462 e. The summed E-state index contributed by atoms with van der Waals surface area (Å²) in [6, 6.07) is 0. The molecule has 0 spiro atoms. The van der Waals surface area contributed by atoms with Crippen LogP contribution in [0.25, 0.3) is 0 Å². The molecule has 0 aromatic carbocycles. The maximum atomic E-state index is 12.8. The number of aliphatic hydroxyl groups is 7. The molecule has 11 unspecified atom stereocenters. The zero-order valence-electron chi connectivity index (χ0n) is 31.7. The van der Waals surface area contributed by atoms with Crippen LogP contribution in [0.1, 0.15) is 90.9 Å². The number of allylic oxidation sites excluding steroid dienone is 8. The van der Waals surface area contributed by atoms with Crippen molar-refractivity contribution in [2.75, 3.05) is 26.4 Å². The summed E-state index contributed by atoms with van der Waals surface area (Å²) in [5, 5.41) is 71.4. The first-order valence-electron chi connectivity index (χ1n) is 19.2. The van der Waals surface area contributed by atoms with Crippen LogP contribution in [0, 0.1) is 0 Å². The van der Waals surface area contributed by atoms with E-state index in [9.17, 15) is 45.3 Å². The minimum atomic E-state index is -1.77. The fourth-order valence-corrected chi connectivity index (χ4v) is 5.58. The van der Waals surface area contributed by atoms with Gasteiger partial charge in [-0.1, -0.05) is 88.1 Å². The lowest BCUT2D eigenvalue weighted by Gasteiger charge is -2.42. The van der Waals surface area contributed by atoms with Gasteiger partial charge in [0.25, 0.3) is 0 Å². The average molecular weight is 773 g/mol. The molecule has 0 aromatic rings. The van der Waals surface area contributed by atoms with Crippen molar-refractivity contribution >= 4 is 11.9 Å². The molecule has 0 aliphatic carbocycles. The number of rotatable bonds is 26. The van der Waals surface area contributed by atoms with Gasteiger partial charge in [0.2, 0.25) is 0 Å². The Morgan fingerprint density at radius 2 is 1.17 bits per heavy atom. The Morgan fingerprint density at radius 3 is 1.78 bits per heavy atom. The summed E-state index contributed by atoms with van der Waals surface area (Å²) in [7, 11) is 0. The molecular formula is C39H64O15. The van der Waals surface area contributed by atoms with Gasteiger partial charge in [-0.25, -0.2) is 0 Å². The van der Waals surface area contributed by atoms with Crippen molar-refractivity contribution < 1.29 is 73.8 Å². The Bertz CT molecular complexity index is 1140. The number of unbranched alkanes of at least 4 members (excludes halogenated alkanes) is 4. The highest BCUT2D eigenvalue weighted by Gasteiger charge is 2.47. The summed E-state index contributed by atoms with van der Waals surface area (Å²) in [6.45, 7) is 2.23. The van der Waals surface area contributed by atoms with Crippen molar-refractivity contribution in [1.82, 2.24) is 0 Å². The number of hydrogen-bond donors (Lipinski definition) is 7. The highest BCUT2D eigenvalue weighted by Crippen LogP contribution is 2.26. The number of carbonyl (C=O) groups excluding carboxylic acids is 2. The van der Waals surface area contributed by atoms with Gasteiger partial charge in [0.1, 0.15) is 55.4 Å². The third-order valence-corrected chi connectivity index (χ3v) is 8.83. The van der Waals surface area contributed by atoms with Gasteiger partial charge < -0.3 is 64.2 Å². The van der Waals surface area contributed by atoms with Crippen LogP contribution in [0.5, 0.6) is 0 Å². The Morgan fingerprint density at radius 1 is 0.611 bits per heavy atom. The lowest BCUT2D eigenvalue weighted by atomic mass is 9.98. The average Bonchev–Trinajstić information content (AvgIpc) is 3.16. The molecule has 310 valence electrons. The van der Waals surface area contributed by atoms with Crippen LogP contribution in [0.2, 0.25) is 0 Å². The van der Waals surface area contributed by atoms with Crippen LogP contribution in [-0.4, -0.2) is 142 Å². The lowest BCUT2D eigenvalue weighted by molar-refractivity contribution is -0.332. The second-order valence-corrected chi connectivity index (χ2v) is 13.4. The Labute approximate surface area is 318 Å². The van der Waals surface area contributed by atoms with Gasteiger partial charge >= 0.3 is 11.9 Å². The molecule has 15 nitrogen and oxygen atoms in total. The molecule has 0 bridgehead atoms. The van der Waals surface area contributed by atoms with E-state index in [4.69, 9.17) is 28.4 Å². The second-order valence-electron chi connectivity index (χ2n) is 13.4. The molecule has 15 heteroatoms. The van der Waals surface area contributed by atoms with Gasteiger partial charge in [-0.3, -0.25) is 9.59 Å². The van der Waals surface area contributed by atoms with Crippen LogP contribution in [0.4, 0.5) is 0 Å². The third-order valence-electron chi connectivity index (χ3n) is 8.83.